The third kappa shape index (κ3) is 8.57. The van der Waals surface area contributed by atoms with Gasteiger partial charge < -0.3 is 21.5 Å². The molecule has 0 saturated heterocycles. The van der Waals surface area contributed by atoms with Gasteiger partial charge in [0.05, 0.1) is 0 Å². The molecule has 1 aliphatic carbocycles. The van der Waals surface area contributed by atoms with Crippen LogP contribution in [0.2, 0.25) is 0 Å². The summed E-state index contributed by atoms with van der Waals surface area (Å²) in [5, 5.41) is 8.22. The summed E-state index contributed by atoms with van der Waals surface area (Å²) in [7, 11) is 0. The van der Waals surface area contributed by atoms with Gasteiger partial charge in [-0.2, -0.15) is 0 Å². The lowest BCUT2D eigenvalue weighted by molar-refractivity contribution is -0.137. The van der Waals surface area contributed by atoms with Crippen molar-refractivity contribution in [3.8, 4) is 5.75 Å². The average molecular weight is 569 g/mol. The standard InChI is InChI=1S/C29H37N3O2.3ClH/c30-17-4-1-2-6-19-32-28(10-3-5-18-31)29(33)34-23-13-16-25-22(20-23)12-15-26-24-9-7-8-21(24)11-14-27(25)26;;;/h7-8,11-16,20,28,32H,1-6,9-10,17-19,30-31H2;3*1H/t28-;;;/m0.../s1. The van der Waals surface area contributed by atoms with Crippen molar-refractivity contribution in [2.75, 3.05) is 19.6 Å². The van der Waals surface area contributed by atoms with E-state index in [4.69, 9.17) is 16.2 Å². The first kappa shape index (κ1) is 33.2. The third-order valence-corrected chi connectivity index (χ3v) is 6.73. The van der Waals surface area contributed by atoms with Crippen LogP contribution in [-0.2, 0) is 11.2 Å². The maximum absolute atomic E-state index is 13.0. The second-order valence-electron chi connectivity index (χ2n) is 9.20. The van der Waals surface area contributed by atoms with Crippen LogP contribution in [0.3, 0.4) is 0 Å². The van der Waals surface area contributed by atoms with Crippen LogP contribution in [0.1, 0.15) is 56.1 Å². The van der Waals surface area contributed by atoms with Crippen LogP contribution in [-0.4, -0.2) is 31.6 Å². The van der Waals surface area contributed by atoms with Gasteiger partial charge in [0.15, 0.2) is 0 Å². The highest BCUT2D eigenvalue weighted by molar-refractivity contribution is 6.10. The van der Waals surface area contributed by atoms with Crippen molar-refractivity contribution in [2.24, 2.45) is 11.5 Å². The third-order valence-electron chi connectivity index (χ3n) is 6.73. The summed E-state index contributed by atoms with van der Waals surface area (Å²) in [6.07, 6.45) is 12.3. The fourth-order valence-corrected chi connectivity index (χ4v) is 4.84. The molecule has 3 aromatic rings. The molecule has 5 N–H and O–H groups in total. The number of carbonyl (C=O) groups is 1. The zero-order valence-corrected chi connectivity index (χ0v) is 23.7. The van der Waals surface area contributed by atoms with Crippen molar-refractivity contribution >= 4 is 70.8 Å². The maximum Gasteiger partial charge on any atom is 0.328 e. The van der Waals surface area contributed by atoms with Gasteiger partial charge in [0, 0.05) is 0 Å². The van der Waals surface area contributed by atoms with Crippen LogP contribution >= 0.6 is 37.2 Å². The minimum absolute atomic E-state index is 0. The summed E-state index contributed by atoms with van der Waals surface area (Å²) >= 11 is 0. The molecule has 0 amide bonds. The van der Waals surface area contributed by atoms with E-state index in [0.29, 0.717) is 12.3 Å². The van der Waals surface area contributed by atoms with Gasteiger partial charge in [-0.1, -0.05) is 61.7 Å². The fourth-order valence-electron chi connectivity index (χ4n) is 4.84. The molecule has 5 nitrogen and oxygen atoms in total. The number of hydrogen-bond acceptors (Lipinski definition) is 5. The molecule has 0 unspecified atom stereocenters. The van der Waals surface area contributed by atoms with Gasteiger partial charge in [0.2, 0.25) is 0 Å². The average Bonchev–Trinajstić information content (AvgIpc) is 3.34. The highest BCUT2D eigenvalue weighted by Gasteiger charge is 2.20. The predicted molar refractivity (Wildman–Crippen MR) is 164 cm³/mol. The number of unbranched alkanes of at least 4 members (excludes halogenated alkanes) is 4. The fraction of sp³-hybridized carbons (Fsp3) is 0.414. The first-order valence-corrected chi connectivity index (χ1v) is 12.7. The van der Waals surface area contributed by atoms with Crippen molar-refractivity contribution in [3.05, 3.63) is 59.7 Å². The Morgan fingerprint density at radius 1 is 0.838 bits per heavy atom. The van der Waals surface area contributed by atoms with E-state index in [1.54, 1.807) is 0 Å². The van der Waals surface area contributed by atoms with Crippen LogP contribution in [0.5, 0.6) is 5.75 Å². The zero-order chi connectivity index (χ0) is 23.8. The van der Waals surface area contributed by atoms with E-state index in [9.17, 15) is 4.79 Å². The molecule has 0 radical (unpaired) electrons. The van der Waals surface area contributed by atoms with Crippen LogP contribution in [0.25, 0.3) is 27.6 Å². The highest BCUT2D eigenvalue weighted by atomic mass is 35.5. The Morgan fingerprint density at radius 3 is 2.32 bits per heavy atom. The number of halogens is 3. The zero-order valence-electron chi connectivity index (χ0n) is 21.2. The lowest BCUT2D eigenvalue weighted by Gasteiger charge is -2.18. The highest BCUT2D eigenvalue weighted by Crippen LogP contribution is 2.34. The van der Waals surface area contributed by atoms with E-state index in [-0.39, 0.29) is 49.2 Å². The number of nitrogens with two attached hydrogens (primary N) is 2. The van der Waals surface area contributed by atoms with Gasteiger partial charge >= 0.3 is 5.97 Å². The Labute approximate surface area is 239 Å². The largest absolute Gasteiger partial charge is 0.425 e. The molecule has 0 fully saturated rings. The minimum Gasteiger partial charge on any atom is -0.425 e. The Hall–Kier alpha value is -1.86. The summed E-state index contributed by atoms with van der Waals surface area (Å²) in [6, 6.07) is 14.4. The molecule has 204 valence electrons. The molecule has 1 atom stereocenters. The molecule has 8 heteroatoms. The summed E-state index contributed by atoms with van der Waals surface area (Å²) in [4.78, 5) is 13.0. The number of ether oxygens (including phenoxy) is 1. The topological polar surface area (TPSA) is 90.4 Å². The number of hydrogen-bond donors (Lipinski definition) is 3. The molecule has 0 aliphatic heterocycles. The normalized spacial score (nSPS) is 12.4. The number of esters is 1. The van der Waals surface area contributed by atoms with Crippen molar-refractivity contribution in [1.82, 2.24) is 5.32 Å². The molecule has 0 aromatic heterocycles. The first-order valence-electron chi connectivity index (χ1n) is 12.7. The van der Waals surface area contributed by atoms with Gasteiger partial charge in [0.25, 0.3) is 0 Å². The van der Waals surface area contributed by atoms with E-state index >= 15 is 0 Å². The van der Waals surface area contributed by atoms with E-state index < -0.39 is 0 Å². The number of nitrogens with one attached hydrogen (secondary N) is 1. The Kier molecular flexibility index (Phi) is 15.1. The van der Waals surface area contributed by atoms with Crippen LogP contribution in [0.15, 0.2) is 48.5 Å². The summed E-state index contributed by atoms with van der Waals surface area (Å²) in [6.45, 7) is 2.18. The molecule has 0 saturated carbocycles. The predicted octanol–water partition coefficient (Wildman–Crippen LogP) is 6.34. The number of rotatable bonds is 13. The molecule has 1 aliphatic rings. The second-order valence-corrected chi connectivity index (χ2v) is 9.20. The molecule has 37 heavy (non-hydrogen) atoms. The Bertz CT molecular complexity index is 1170. The van der Waals surface area contributed by atoms with Gasteiger partial charge in [-0.15, -0.1) is 37.2 Å². The SMILES string of the molecule is Cl.Cl.Cl.NCCCCCCN[C@@H](CCCCN)C(=O)Oc1ccc2c(ccc3c4c(ccc32)C=CC4)c1. The molecular weight excluding hydrogens is 529 g/mol. The number of fused-ring (bicyclic) bond motifs is 5. The first-order chi connectivity index (χ1) is 16.7. The quantitative estimate of drug-likeness (QED) is 0.0969. The number of allylic oxidation sites excluding steroid dienone is 1. The van der Waals surface area contributed by atoms with E-state index in [1.165, 1.54) is 27.3 Å². The minimum atomic E-state index is -0.316. The smallest absolute Gasteiger partial charge is 0.328 e. The van der Waals surface area contributed by atoms with Crippen molar-refractivity contribution in [2.45, 2.75) is 57.4 Å². The Balaban J connectivity index is 0.00000228. The molecule has 4 rings (SSSR count). The van der Waals surface area contributed by atoms with Crippen molar-refractivity contribution < 1.29 is 9.53 Å². The summed E-state index contributed by atoms with van der Waals surface area (Å²) < 4.78 is 5.84. The van der Waals surface area contributed by atoms with Crippen LogP contribution < -0.4 is 21.5 Å². The summed E-state index contributed by atoms with van der Waals surface area (Å²) in [5.74, 6) is 0.372. The van der Waals surface area contributed by atoms with Crippen molar-refractivity contribution in [3.63, 3.8) is 0 Å². The summed E-state index contributed by atoms with van der Waals surface area (Å²) in [5.41, 5.74) is 13.9. The number of benzene rings is 3. The molecule has 0 spiro atoms. The molecular formula is C29H40Cl3N3O2. The van der Waals surface area contributed by atoms with E-state index in [0.717, 1.165) is 69.8 Å². The van der Waals surface area contributed by atoms with Gasteiger partial charge in [-0.3, -0.25) is 0 Å². The van der Waals surface area contributed by atoms with Gasteiger partial charge in [0.1, 0.15) is 11.8 Å². The second kappa shape index (κ2) is 16.9. The molecule has 0 heterocycles. The van der Waals surface area contributed by atoms with Gasteiger partial charge in [-0.25, -0.2) is 4.79 Å². The van der Waals surface area contributed by atoms with Gasteiger partial charge in [-0.05, 0) is 96.5 Å². The lowest BCUT2D eigenvalue weighted by atomic mass is 9.96. The van der Waals surface area contributed by atoms with Crippen molar-refractivity contribution in [1.29, 1.82) is 0 Å². The van der Waals surface area contributed by atoms with E-state index in [2.05, 4.69) is 47.8 Å². The Morgan fingerprint density at radius 2 is 1.54 bits per heavy atom. The van der Waals surface area contributed by atoms with E-state index in [1.807, 2.05) is 12.1 Å². The maximum atomic E-state index is 13.0. The molecule has 3 aromatic carbocycles. The molecule has 0 bridgehead atoms. The lowest BCUT2D eigenvalue weighted by Crippen LogP contribution is -2.40. The van der Waals surface area contributed by atoms with Crippen LogP contribution in [0, 0.1) is 0 Å². The monoisotopic (exact) mass is 567 g/mol. The van der Waals surface area contributed by atoms with Crippen LogP contribution in [0.4, 0.5) is 0 Å². The number of carbonyl (C=O) groups excluding carboxylic acids is 1.